The van der Waals surface area contributed by atoms with Crippen molar-refractivity contribution in [2.75, 3.05) is 13.1 Å². The minimum atomic E-state index is -0.0369. The maximum Gasteiger partial charge on any atom is 0.276 e. The number of hydrogen-bond donors (Lipinski definition) is 1. The molecule has 8 heteroatoms. The first-order valence-electron chi connectivity index (χ1n) is 11.2. The molecular weight excluding hydrogens is 410 g/mol. The number of H-pyrrole nitrogens is 1. The van der Waals surface area contributed by atoms with Gasteiger partial charge in [-0.3, -0.25) is 19.6 Å². The zero-order valence-corrected chi connectivity index (χ0v) is 19.0. The molecule has 0 aromatic carbocycles. The van der Waals surface area contributed by atoms with Gasteiger partial charge in [0, 0.05) is 37.3 Å². The standard InChI is InChI=1S/C23H29N5O2S/c1-15(2)26-9-6-17-19(13-26)24-21-12-18(25-28(21)23(17)30)20-5-3-4-8-27(20)22(29)11-16-7-10-31-14-16/h7,10,12,14-15,20,25H,3-6,8-9,11,13H2,1-2H3/t20-/m1/s1. The van der Waals surface area contributed by atoms with Crippen molar-refractivity contribution in [2.24, 2.45) is 0 Å². The number of nitrogens with zero attached hydrogens (tertiary/aromatic N) is 4. The van der Waals surface area contributed by atoms with Crippen molar-refractivity contribution >= 4 is 22.9 Å². The number of fused-ring (bicyclic) bond motifs is 2. The molecule has 1 saturated heterocycles. The largest absolute Gasteiger partial charge is 0.334 e. The monoisotopic (exact) mass is 439 g/mol. The molecule has 0 spiro atoms. The van der Waals surface area contributed by atoms with Crippen LogP contribution in [0, 0.1) is 0 Å². The summed E-state index contributed by atoms with van der Waals surface area (Å²) in [6.45, 7) is 6.71. The normalized spacial score (nSPS) is 19.8. The third kappa shape index (κ3) is 3.83. The smallest absolute Gasteiger partial charge is 0.276 e. The Morgan fingerprint density at radius 3 is 2.97 bits per heavy atom. The van der Waals surface area contributed by atoms with Crippen LogP contribution in [0.3, 0.4) is 0 Å². The molecule has 2 aliphatic heterocycles. The molecule has 0 aliphatic carbocycles. The lowest BCUT2D eigenvalue weighted by Gasteiger charge is -2.35. The quantitative estimate of drug-likeness (QED) is 0.678. The van der Waals surface area contributed by atoms with Gasteiger partial charge in [-0.15, -0.1) is 0 Å². The topological polar surface area (TPSA) is 73.7 Å². The van der Waals surface area contributed by atoms with Gasteiger partial charge in [0.25, 0.3) is 5.56 Å². The summed E-state index contributed by atoms with van der Waals surface area (Å²) in [6.07, 6.45) is 4.15. The number of likely N-dealkylation sites (tertiary alicyclic amines) is 1. The predicted molar refractivity (Wildman–Crippen MR) is 121 cm³/mol. The Balaban J connectivity index is 1.47. The van der Waals surface area contributed by atoms with Gasteiger partial charge in [-0.1, -0.05) is 0 Å². The third-order valence-electron chi connectivity index (χ3n) is 6.66. The molecular formula is C23H29N5O2S. The number of amides is 1. The number of thiophene rings is 1. The van der Waals surface area contributed by atoms with Crippen LogP contribution in [-0.4, -0.2) is 49.4 Å². The number of aromatic nitrogens is 3. The molecule has 7 nitrogen and oxygen atoms in total. The molecule has 31 heavy (non-hydrogen) atoms. The molecule has 3 aromatic rings. The van der Waals surface area contributed by atoms with E-state index in [-0.39, 0.29) is 17.5 Å². The van der Waals surface area contributed by atoms with E-state index in [1.165, 1.54) is 0 Å². The summed E-state index contributed by atoms with van der Waals surface area (Å²) in [5.74, 6) is 0.147. The second kappa shape index (κ2) is 8.24. The van der Waals surface area contributed by atoms with Crippen LogP contribution < -0.4 is 5.56 Å². The van der Waals surface area contributed by atoms with Crippen LogP contribution in [0.15, 0.2) is 27.7 Å². The molecule has 1 fully saturated rings. The van der Waals surface area contributed by atoms with E-state index in [1.54, 1.807) is 15.9 Å². The molecule has 0 radical (unpaired) electrons. The van der Waals surface area contributed by atoms with E-state index in [0.29, 0.717) is 24.7 Å². The molecule has 0 unspecified atom stereocenters. The van der Waals surface area contributed by atoms with Crippen LogP contribution in [0.5, 0.6) is 0 Å². The number of carbonyl (C=O) groups is 1. The van der Waals surface area contributed by atoms with E-state index < -0.39 is 0 Å². The van der Waals surface area contributed by atoms with E-state index in [2.05, 4.69) is 23.8 Å². The summed E-state index contributed by atoms with van der Waals surface area (Å²) in [4.78, 5) is 35.4. The van der Waals surface area contributed by atoms with Gasteiger partial charge in [0.1, 0.15) is 0 Å². The number of carbonyl (C=O) groups excluding carboxylic acids is 1. The van der Waals surface area contributed by atoms with Gasteiger partial charge in [0.05, 0.1) is 23.9 Å². The Kier molecular flexibility index (Phi) is 5.44. The van der Waals surface area contributed by atoms with Gasteiger partial charge in [-0.2, -0.15) is 11.3 Å². The maximum absolute atomic E-state index is 13.2. The number of rotatable bonds is 4. The minimum absolute atomic E-state index is 0.00150. The molecule has 5 rings (SSSR count). The zero-order chi connectivity index (χ0) is 21.5. The summed E-state index contributed by atoms with van der Waals surface area (Å²) >= 11 is 1.62. The first kappa shape index (κ1) is 20.5. The highest BCUT2D eigenvalue weighted by Gasteiger charge is 2.30. The van der Waals surface area contributed by atoms with Gasteiger partial charge >= 0.3 is 0 Å². The highest BCUT2D eigenvalue weighted by atomic mass is 32.1. The van der Waals surface area contributed by atoms with Crippen molar-refractivity contribution in [3.8, 4) is 0 Å². The first-order valence-corrected chi connectivity index (χ1v) is 12.1. The molecule has 3 aromatic heterocycles. The SMILES string of the molecule is CC(C)N1CCc2c(nc3cc([C@H]4CCCCN4C(=O)Cc4ccsc4)[nH]n3c2=O)C1. The Hall–Kier alpha value is -2.45. The van der Waals surface area contributed by atoms with Gasteiger partial charge < -0.3 is 4.90 Å². The van der Waals surface area contributed by atoms with Crippen LogP contribution in [-0.2, 0) is 24.2 Å². The van der Waals surface area contributed by atoms with Crippen molar-refractivity contribution in [1.29, 1.82) is 0 Å². The van der Waals surface area contributed by atoms with E-state index in [0.717, 1.165) is 61.3 Å². The van der Waals surface area contributed by atoms with E-state index >= 15 is 0 Å². The van der Waals surface area contributed by atoms with E-state index in [1.807, 2.05) is 27.8 Å². The number of nitrogens with one attached hydrogen (secondary N) is 1. The van der Waals surface area contributed by atoms with Gasteiger partial charge in [-0.25, -0.2) is 9.50 Å². The summed E-state index contributed by atoms with van der Waals surface area (Å²) in [6, 6.07) is 4.38. The molecule has 2 aliphatic rings. The van der Waals surface area contributed by atoms with Crippen LogP contribution >= 0.6 is 11.3 Å². The van der Waals surface area contributed by atoms with Crippen LogP contribution in [0.1, 0.15) is 61.7 Å². The zero-order valence-electron chi connectivity index (χ0n) is 18.1. The van der Waals surface area contributed by atoms with E-state index in [4.69, 9.17) is 4.98 Å². The average Bonchev–Trinajstić information content (AvgIpc) is 3.43. The lowest BCUT2D eigenvalue weighted by atomic mass is 9.98. The fraction of sp³-hybridized carbons (Fsp3) is 0.522. The van der Waals surface area contributed by atoms with Crippen molar-refractivity contribution in [2.45, 2.75) is 64.6 Å². The Morgan fingerprint density at radius 1 is 1.32 bits per heavy atom. The summed E-state index contributed by atoms with van der Waals surface area (Å²) in [7, 11) is 0. The van der Waals surface area contributed by atoms with Gasteiger partial charge in [0.2, 0.25) is 5.91 Å². The number of aromatic amines is 1. The molecule has 164 valence electrons. The van der Waals surface area contributed by atoms with Crippen LogP contribution in [0.25, 0.3) is 5.65 Å². The number of piperidine rings is 1. The Bertz CT molecular complexity index is 1150. The Morgan fingerprint density at radius 2 is 2.19 bits per heavy atom. The summed E-state index contributed by atoms with van der Waals surface area (Å²) < 4.78 is 1.58. The fourth-order valence-corrected chi connectivity index (χ4v) is 5.54. The first-order chi connectivity index (χ1) is 15.0. The van der Waals surface area contributed by atoms with Gasteiger partial charge in [0.15, 0.2) is 5.65 Å². The molecule has 1 amide bonds. The third-order valence-corrected chi connectivity index (χ3v) is 7.40. The van der Waals surface area contributed by atoms with Crippen LogP contribution in [0.2, 0.25) is 0 Å². The molecule has 1 atom stereocenters. The molecule has 1 N–H and O–H groups in total. The number of hydrogen-bond acceptors (Lipinski definition) is 5. The van der Waals surface area contributed by atoms with Crippen LogP contribution in [0.4, 0.5) is 0 Å². The second-order valence-corrected chi connectivity index (χ2v) is 9.75. The second-order valence-electron chi connectivity index (χ2n) is 8.97. The average molecular weight is 440 g/mol. The van der Waals surface area contributed by atoms with Crippen molar-refractivity contribution in [1.82, 2.24) is 24.4 Å². The lowest BCUT2D eigenvalue weighted by molar-refractivity contribution is -0.134. The summed E-state index contributed by atoms with van der Waals surface area (Å²) in [5, 5.41) is 7.34. The van der Waals surface area contributed by atoms with Crippen molar-refractivity contribution < 1.29 is 4.79 Å². The molecule has 0 bridgehead atoms. The lowest BCUT2D eigenvalue weighted by Crippen LogP contribution is -2.40. The van der Waals surface area contributed by atoms with Crippen molar-refractivity contribution in [3.05, 3.63) is 55.8 Å². The fourth-order valence-electron chi connectivity index (χ4n) is 4.87. The maximum atomic E-state index is 13.2. The van der Waals surface area contributed by atoms with Crippen molar-refractivity contribution in [3.63, 3.8) is 0 Å². The minimum Gasteiger partial charge on any atom is -0.334 e. The van der Waals surface area contributed by atoms with E-state index in [9.17, 15) is 9.59 Å². The van der Waals surface area contributed by atoms with Gasteiger partial charge in [-0.05, 0) is 61.9 Å². The predicted octanol–water partition coefficient (Wildman–Crippen LogP) is 3.15. The highest BCUT2D eigenvalue weighted by molar-refractivity contribution is 7.08. The summed E-state index contributed by atoms with van der Waals surface area (Å²) in [5.41, 5.74) is 4.34. The molecule has 5 heterocycles. The Labute approximate surface area is 185 Å². The highest BCUT2D eigenvalue weighted by Crippen LogP contribution is 2.31. The molecule has 0 saturated carbocycles.